The Morgan fingerprint density at radius 3 is 2.64 bits per heavy atom. The predicted molar refractivity (Wildman–Crippen MR) is 107 cm³/mol. The lowest BCUT2D eigenvalue weighted by Gasteiger charge is -2.35. The average Bonchev–Trinajstić information content (AvgIpc) is 3.42. The first-order valence-corrected chi connectivity index (χ1v) is 11.1. The van der Waals surface area contributed by atoms with Crippen molar-refractivity contribution in [1.29, 1.82) is 0 Å². The molecule has 0 saturated carbocycles. The van der Waals surface area contributed by atoms with Crippen LogP contribution in [0.2, 0.25) is 0 Å². The summed E-state index contributed by atoms with van der Waals surface area (Å²) in [5.41, 5.74) is 0.864. The maximum Gasteiger partial charge on any atom is 0.309 e. The van der Waals surface area contributed by atoms with Gasteiger partial charge in [-0.05, 0) is 61.7 Å². The minimum absolute atomic E-state index is 0.214. The van der Waals surface area contributed by atoms with E-state index in [1.54, 1.807) is 6.07 Å². The lowest BCUT2D eigenvalue weighted by molar-refractivity contribution is -0.139. The third kappa shape index (κ3) is 4.72. The molecule has 2 saturated heterocycles. The number of likely N-dealkylation sites (tertiary alicyclic amines) is 1. The van der Waals surface area contributed by atoms with Crippen LogP contribution in [-0.2, 0) is 16.1 Å². The Hall–Kier alpha value is -1.93. The molecule has 4 rings (SSSR count). The van der Waals surface area contributed by atoms with Crippen molar-refractivity contribution in [3.8, 4) is 11.5 Å². The van der Waals surface area contributed by atoms with Crippen LogP contribution in [0.15, 0.2) is 18.2 Å². The van der Waals surface area contributed by atoms with Gasteiger partial charge in [0.25, 0.3) is 0 Å². The number of thioether (sulfide) groups is 1. The van der Waals surface area contributed by atoms with Gasteiger partial charge in [0, 0.05) is 24.9 Å². The van der Waals surface area contributed by atoms with Crippen molar-refractivity contribution in [3.63, 3.8) is 0 Å². The summed E-state index contributed by atoms with van der Waals surface area (Å²) in [5.74, 6) is 3.20. The summed E-state index contributed by atoms with van der Waals surface area (Å²) < 4.78 is 10.6. The Kier molecular flexibility index (Phi) is 6.26. The van der Waals surface area contributed by atoms with E-state index >= 15 is 0 Å². The first-order chi connectivity index (χ1) is 13.7. The summed E-state index contributed by atoms with van der Waals surface area (Å²) in [6, 6.07) is 6.21. The van der Waals surface area contributed by atoms with E-state index in [1.165, 1.54) is 17.9 Å². The fraction of sp³-hybridized carbons (Fsp3) is 0.600. The third-order valence-corrected chi connectivity index (χ3v) is 6.86. The molecule has 1 aromatic carbocycles. The van der Waals surface area contributed by atoms with E-state index in [-0.39, 0.29) is 13.3 Å². The molecule has 0 aromatic heterocycles. The van der Waals surface area contributed by atoms with Crippen molar-refractivity contribution in [2.75, 3.05) is 37.9 Å². The lowest BCUT2D eigenvalue weighted by Crippen LogP contribution is -2.45. The highest BCUT2D eigenvalue weighted by molar-refractivity contribution is 7.99. The Labute approximate surface area is 169 Å². The van der Waals surface area contributed by atoms with Crippen LogP contribution in [0.1, 0.15) is 24.8 Å². The smallest absolute Gasteiger partial charge is 0.309 e. The molecule has 7 nitrogen and oxygen atoms in total. The highest BCUT2D eigenvalue weighted by Gasteiger charge is 2.27. The zero-order valence-electron chi connectivity index (χ0n) is 15.9. The maximum absolute atomic E-state index is 12.1. The van der Waals surface area contributed by atoms with E-state index in [1.807, 2.05) is 23.9 Å². The minimum Gasteiger partial charge on any atom is -0.454 e. The fourth-order valence-corrected chi connectivity index (χ4v) is 5.22. The number of nitrogens with zero attached hydrogens (tertiary/aromatic N) is 1. The Morgan fingerprint density at radius 2 is 1.86 bits per heavy atom. The standard InChI is InChI=1S/C20H27N3O4S/c24-19(20(25)22-11-15-1-2-17-18(9-15)27-13-26-17)21-10-14-3-6-23(7-4-14)16-5-8-28-12-16/h1-2,9,14,16H,3-8,10-13H2,(H,21,24)(H,22,25). The molecular formula is C20H27N3O4S. The molecular weight excluding hydrogens is 378 g/mol. The normalized spacial score (nSPS) is 22.2. The van der Waals surface area contributed by atoms with Gasteiger partial charge in [-0.2, -0.15) is 11.8 Å². The summed E-state index contributed by atoms with van der Waals surface area (Å²) in [7, 11) is 0. The molecule has 2 N–H and O–H groups in total. The number of carbonyl (C=O) groups excluding carboxylic acids is 2. The molecule has 2 fully saturated rings. The maximum atomic E-state index is 12.1. The number of hydrogen-bond acceptors (Lipinski definition) is 6. The second kappa shape index (κ2) is 9.05. The van der Waals surface area contributed by atoms with Gasteiger partial charge in [-0.1, -0.05) is 6.07 Å². The van der Waals surface area contributed by atoms with Crippen LogP contribution < -0.4 is 20.1 Å². The molecule has 2 amide bonds. The number of amides is 2. The van der Waals surface area contributed by atoms with Crippen LogP contribution in [0, 0.1) is 5.92 Å². The Morgan fingerprint density at radius 1 is 1.07 bits per heavy atom. The number of carbonyl (C=O) groups is 2. The second-order valence-corrected chi connectivity index (χ2v) is 8.73. The first kappa shape index (κ1) is 19.4. The summed E-state index contributed by atoms with van der Waals surface area (Å²) in [5, 5.41) is 5.46. The number of benzene rings is 1. The zero-order valence-corrected chi connectivity index (χ0v) is 16.8. The average molecular weight is 406 g/mol. The molecule has 1 atom stereocenters. The molecule has 0 spiro atoms. The molecule has 1 unspecified atom stereocenters. The third-order valence-electron chi connectivity index (χ3n) is 5.72. The van der Waals surface area contributed by atoms with Crippen molar-refractivity contribution < 1.29 is 19.1 Å². The highest BCUT2D eigenvalue weighted by atomic mass is 32.2. The van der Waals surface area contributed by atoms with Crippen molar-refractivity contribution in [2.45, 2.75) is 31.8 Å². The molecule has 1 aromatic rings. The van der Waals surface area contributed by atoms with Crippen LogP contribution in [0.5, 0.6) is 11.5 Å². The highest BCUT2D eigenvalue weighted by Crippen LogP contribution is 2.32. The van der Waals surface area contributed by atoms with Crippen LogP contribution in [-0.4, -0.2) is 60.7 Å². The molecule has 0 aliphatic carbocycles. The van der Waals surface area contributed by atoms with Crippen LogP contribution in [0.3, 0.4) is 0 Å². The van der Waals surface area contributed by atoms with Crippen LogP contribution in [0.25, 0.3) is 0 Å². The Bertz CT molecular complexity index is 715. The van der Waals surface area contributed by atoms with Gasteiger partial charge in [-0.3, -0.25) is 14.5 Å². The number of piperidine rings is 1. The SMILES string of the molecule is O=C(NCc1ccc2c(c1)OCO2)C(=O)NCC1CCN(C2CCSC2)CC1. The van der Waals surface area contributed by atoms with Gasteiger partial charge in [0.1, 0.15) is 0 Å². The second-order valence-electron chi connectivity index (χ2n) is 7.58. The summed E-state index contributed by atoms with van der Waals surface area (Å²) in [4.78, 5) is 26.7. The van der Waals surface area contributed by atoms with Gasteiger partial charge in [-0.25, -0.2) is 0 Å². The molecule has 3 aliphatic heterocycles. The molecule has 3 heterocycles. The van der Waals surface area contributed by atoms with E-state index in [4.69, 9.17) is 9.47 Å². The molecule has 28 heavy (non-hydrogen) atoms. The van der Waals surface area contributed by atoms with E-state index in [0.717, 1.165) is 37.5 Å². The van der Waals surface area contributed by atoms with E-state index in [2.05, 4.69) is 15.5 Å². The Balaban J connectivity index is 1.15. The van der Waals surface area contributed by atoms with E-state index in [9.17, 15) is 9.59 Å². The summed E-state index contributed by atoms with van der Waals surface area (Å²) in [6.45, 7) is 3.26. The fourth-order valence-electron chi connectivity index (χ4n) is 3.96. The van der Waals surface area contributed by atoms with Crippen molar-refractivity contribution in [1.82, 2.24) is 15.5 Å². The van der Waals surface area contributed by atoms with Gasteiger partial charge in [0.05, 0.1) is 0 Å². The molecule has 3 aliphatic rings. The molecule has 0 radical (unpaired) electrons. The van der Waals surface area contributed by atoms with Gasteiger partial charge in [-0.15, -0.1) is 0 Å². The largest absolute Gasteiger partial charge is 0.454 e. The van der Waals surface area contributed by atoms with Crippen LogP contribution in [0.4, 0.5) is 0 Å². The number of hydrogen-bond donors (Lipinski definition) is 2. The van der Waals surface area contributed by atoms with Gasteiger partial charge in [0.2, 0.25) is 6.79 Å². The summed E-state index contributed by atoms with van der Waals surface area (Å²) >= 11 is 2.05. The van der Waals surface area contributed by atoms with E-state index in [0.29, 0.717) is 24.0 Å². The number of rotatable bonds is 5. The predicted octanol–water partition coefficient (Wildman–Crippen LogP) is 1.37. The zero-order chi connectivity index (χ0) is 19.3. The lowest BCUT2D eigenvalue weighted by atomic mass is 9.95. The number of fused-ring (bicyclic) bond motifs is 1. The molecule has 152 valence electrons. The summed E-state index contributed by atoms with van der Waals surface area (Å²) in [6.07, 6.45) is 3.47. The topological polar surface area (TPSA) is 79.9 Å². The number of ether oxygens (including phenoxy) is 2. The van der Waals surface area contributed by atoms with Gasteiger partial charge in [0.15, 0.2) is 11.5 Å². The molecule has 0 bridgehead atoms. The quantitative estimate of drug-likeness (QED) is 0.721. The number of nitrogens with one attached hydrogen (secondary N) is 2. The van der Waals surface area contributed by atoms with E-state index < -0.39 is 11.8 Å². The van der Waals surface area contributed by atoms with Gasteiger partial charge >= 0.3 is 11.8 Å². The first-order valence-electron chi connectivity index (χ1n) is 9.95. The van der Waals surface area contributed by atoms with Crippen LogP contribution >= 0.6 is 11.8 Å². The monoisotopic (exact) mass is 405 g/mol. The van der Waals surface area contributed by atoms with Crippen molar-refractivity contribution >= 4 is 23.6 Å². The van der Waals surface area contributed by atoms with Crippen molar-refractivity contribution in [2.24, 2.45) is 5.92 Å². The molecule has 8 heteroatoms. The minimum atomic E-state index is -0.599. The van der Waals surface area contributed by atoms with Crippen molar-refractivity contribution in [3.05, 3.63) is 23.8 Å². The van der Waals surface area contributed by atoms with Gasteiger partial charge < -0.3 is 20.1 Å².